The average Bonchev–Trinajstić information content (AvgIpc) is 2.61. The Balaban J connectivity index is 2.14. The minimum atomic E-state index is -3.38. The van der Waals surface area contributed by atoms with Crippen LogP contribution in [0, 0.1) is 10.1 Å². The number of carbonyl (C=O) groups is 1. The van der Waals surface area contributed by atoms with Gasteiger partial charge in [0, 0.05) is 17.3 Å². The van der Waals surface area contributed by atoms with E-state index in [2.05, 4.69) is 4.72 Å². The number of nitrogens with one attached hydrogen (secondary N) is 1. The third-order valence-corrected chi connectivity index (χ3v) is 5.04. The molecule has 0 radical (unpaired) electrons. The summed E-state index contributed by atoms with van der Waals surface area (Å²) >= 11 is 5.74. The third kappa shape index (κ3) is 5.14. The molecule has 0 aliphatic heterocycles. The van der Waals surface area contributed by atoms with Gasteiger partial charge in [-0.1, -0.05) is 23.7 Å². The number of nitro groups is 1. The third-order valence-electron chi connectivity index (χ3n) is 3.42. The van der Waals surface area contributed by atoms with Crippen molar-refractivity contribution in [2.45, 2.75) is 6.92 Å². The van der Waals surface area contributed by atoms with Gasteiger partial charge in [-0.2, -0.15) is 0 Å². The minimum absolute atomic E-state index is 0.0172. The number of benzene rings is 2. The van der Waals surface area contributed by atoms with E-state index >= 15 is 0 Å². The van der Waals surface area contributed by atoms with Crippen molar-refractivity contribution in [2.75, 3.05) is 10.5 Å². The predicted octanol–water partition coefficient (Wildman–Crippen LogP) is 3.91. The van der Waals surface area contributed by atoms with Crippen molar-refractivity contribution >= 4 is 44.9 Å². The van der Waals surface area contributed by atoms with Crippen molar-refractivity contribution < 1.29 is 18.1 Å². The number of nitrogens with zero attached hydrogens (tertiary/aromatic N) is 1. The number of anilines is 1. The molecule has 0 aliphatic carbocycles. The number of carbonyl (C=O) groups excluding carboxylic acids is 1. The Morgan fingerprint density at radius 2 is 1.88 bits per heavy atom. The lowest BCUT2D eigenvalue weighted by Gasteiger charge is -2.06. The lowest BCUT2D eigenvalue weighted by Crippen LogP contribution is -2.14. The smallest absolute Gasteiger partial charge is 0.288 e. The number of rotatable bonds is 7. The number of ketones is 1. The molecule has 1 N–H and O–H groups in total. The van der Waals surface area contributed by atoms with E-state index in [0.717, 1.165) is 0 Å². The lowest BCUT2D eigenvalue weighted by molar-refractivity contribution is -0.384. The van der Waals surface area contributed by atoms with E-state index in [-0.39, 0.29) is 22.2 Å². The first kappa shape index (κ1) is 19.6. The molecule has 2 rings (SSSR count). The van der Waals surface area contributed by atoms with Crippen molar-refractivity contribution in [3.8, 4) is 0 Å². The van der Waals surface area contributed by atoms with Gasteiger partial charge in [0.05, 0.1) is 10.7 Å². The van der Waals surface area contributed by atoms with Gasteiger partial charge < -0.3 is 0 Å². The van der Waals surface area contributed by atoms with Crippen molar-refractivity contribution in [3.05, 3.63) is 74.8 Å². The molecular formula is C17H15ClN2O5S. The average molecular weight is 395 g/mol. The standard InChI is InChI=1S/C17H15ClN2O5S/c1-2-26(24,25)19-14-7-5-13(6-8-14)17(21)10-4-12-3-9-15(18)16(11-12)20(22)23/h3-11,19H,2H2,1H3. The molecule has 7 nitrogen and oxygen atoms in total. The molecule has 0 aliphatic rings. The summed E-state index contributed by atoms with van der Waals surface area (Å²) in [5.41, 5.74) is 0.931. The zero-order valence-electron chi connectivity index (χ0n) is 13.7. The van der Waals surface area contributed by atoms with E-state index in [1.807, 2.05) is 0 Å². The summed E-state index contributed by atoms with van der Waals surface area (Å²) in [6.45, 7) is 1.52. The van der Waals surface area contributed by atoms with Crippen LogP contribution in [0.1, 0.15) is 22.8 Å². The first-order valence-electron chi connectivity index (χ1n) is 7.49. The van der Waals surface area contributed by atoms with Gasteiger partial charge in [0.1, 0.15) is 5.02 Å². The summed E-state index contributed by atoms with van der Waals surface area (Å²) in [6, 6.07) is 10.2. The van der Waals surface area contributed by atoms with E-state index in [1.165, 1.54) is 55.5 Å². The molecule has 26 heavy (non-hydrogen) atoms. The van der Waals surface area contributed by atoms with Crippen LogP contribution in [0.2, 0.25) is 5.02 Å². The predicted molar refractivity (Wildman–Crippen MR) is 101 cm³/mol. The van der Waals surface area contributed by atoms with Gasteiger partial charge in [-0.15, -0.1) is 0 Å². The van der Waals surface area contributed by atoms with Crippen molar-refractivity contribution in [1.29, 1.82) is 0 Å². The summed E-state index contributed by atoms with van der Waals surface area (Å²) in [6.07, 6.45) is 2.72. The van der Waals surface area contributed by atoms with E-state index in [0.29, 0.717) is 16.8 Å². The molecule has 2 aromatic carbocycles. The van der Waals surface area contributed by atoms with Gasteiger partial charge in [-0.25, -0.2) is 8.42 Å². The molecule has 0 saturated heterocycles. The molecule has 0 saturated carbocycles. The molecule has 2 aromatic rings. The largest absolute Gasteiger partial charge is 0.289 e. The Kier molecular flexibility index (Phi) is 6.12. The van der Waals surface area contributed by atoms with Gasteiger partial charge in [-0.3, -0.25) is 19.6 Å². The summed E-state index contributed by atoms with van der Waals surface area (Å²) in [5, 5.41) is 10.9. The van der Waals surface area contributed by atoms with Crippen LogP contribution in [-0.4, -0.2) is 24.9 Å². The van der Waals surface area contributed by atoms with E-state index in [4.69, 9.17) is 11.6 Å². The Morgan fingerprint density at radius 1 is 1.23 bits per heavy atom. The molecule has 0 spiro atoms. The second-order valence-corrected chi connectivity index (χ2v) is 7.67. The maximum absolute atomic E-state index is 12.2. The highest BCUT2D eigenvalue weighted by Gasteiger charge is 2.12. The normalized spacial score (nSPS) is 11.5. The van der Waals surface area contributed by atoms with Crippen LogP contribution in [0.5, 0.6) is 0 Å². The van der Waals surface area contributed by atoms with Crippen LogP contribution in [0.3, 0.4) is 0 Å². The molecular weight excluding hydrogens is 380 g/mol. The molecule has 0 unspecified atom stereocenters. The van der Waals surface area contributed by atoms with Crippen LogP contribution in [-0.2, 0) is 10.0 Å². The highest BCUT2D eigenvalue weighted by atomic mass is 35.5. The second kappa shape index (κ2) is 8.11. The highest BCUT2D eigenvalue weighted by Crippen LogP contribution is 2.25. The quantitative estimate of drug-likeness (QED) is 0.331. The second-order valence-electron chi connectivity index (χ2n) is 5.25. The molecule has 0 fully saturated rings. The Bertz CT molecular complexity index is 969. The van der Waals surface area contributed by atoms with Gasteiger partial charge in [0.15, 0.2) is 5.78 Å². The first-order chi connectivity index (χ1) is 12.2. The molecule has 0 amide bonds. The van der Waals surface area contributed by atoms with Gasteiger partial charge >= 0.3 is 0 Å². The molecule has 0 heterocycles. The number of hydrogen-bond acceptors (Lipinski definition) is 5. The number of halogens is 1. The zero-order chi connectivity index (χ0) is 19.3. The molecule has 0 bridgehead atoms. The van der Waals surface area contributed by atoms with Gasteiger partial charge in [-0.05, 0) is 48.9 Å². The fourth-order valence-electron chi connectivity index (χ4n) is 2.00. The van der Waals surface area contributed by atoms with Crippen LogP contribution >= 0.6 is 11.6 Å². The summed E-state index contributed by atoms with van der Waals surface area (Å²) < 4.78 is 25.4. The van der Waals surface area contributed by atoms with Gasteiger partial charge in [0.25, 0.3) is 5.69 Å². The maximum Gasteiger partial charge on any atom is 0.288 e. The summed E-state index contributed by atoms with van der Waals surface area (Å²) in [7, 11) is -3.38. The minimum Gasteiger partial charge on any atom is -0.289 e. The monoisotopic (exact) mass is 394 g/mol. The highest BCUT2D eigenvalue weighted by molar-refractivity contribution is 7.92. The fourth-order valence-corrected chi connectivity index (χ4v) is 2.82. The Morgan fingerprint density at radius 3 is 2.46 bits per heavy atom. The summed E-state index contributed by atoms with van der Waals surface area (Å²) in [4.78, 5) is 22.4. The fraction of sp³-hybridized carbons (Fsp3) is 0.118. The lowest BCUT2D eigenvalue weighted by atomic mass is 10.1. The topological polar surface area (TPSA) is 106 Å². The number of allylic oxidation sites excluding steroid dienone is 1. The van der Waals surface area contributed by atoms with Crippen molar-refractivity contribution in [1.82, 2.24) is 0 Å². The Labute approximate surface area is 155 Å². The van der Waals surface area contributed by atoms with Crippen LogP contribution in [0.15, 0.2) is 48.5 Å². The van der Waals surface area contributed by atoms with Gasteiger partial charge in [0.2, 0.25) is 10.0 Å². The molecule has 9 heteroatoms. The summed E-state index contributed by atoms with van der Waals surface area (Å²) in [5.74, 6) is -0.378. The van der Waals surface area contributed by atoms with E-state index < -0.39 is 14.9 Å². The van der Waals surface area contributed by atoms with Crippen molar-refractivity contribution in [2.24, 2.45) is 0 Å². The first-order valence-corrected chi connectivity index (χ1v) is 9.52. The number of sulfonamides is 1. The maximum atomic E-state index is 12.2. The number of nitro benzene ring substituents is 1. The van der Waals surface area contributed by atoms with E-state index in [9.17, 15) is 23.3 Å². The van der Waals surface area contributed by atoms with Crippen LogP contribution < -0.4 is 4.72 Å². The van der Waals surface area contributed by atoms with Crippen LogP contribution in [0.25, 0.3) is 6.08 Å². The zero-order valence-corrected chi connectivity index (χ0v) is 15.3. The van der Waals surface area contributed by atoms with E-state index in [1.54, 1.807) is 6.07 Å². The molecule has 0 atom stereocenters. The Hall–Kier alpha value is -2.71. The van der Waals surface area contributed by atoms with Crippen molar-refractivity contribution in [3.63, 3.8) is 0 Å². The molecule has 136 valence electrons. The molecule has 0 aromatic heterocycles. The SMILES string of the molecule is CCS(=O)(=O)Nc1ccc(C(=O)C=Cc2ccc(Cl)c([N+](=O)[O-])c2)cc1. The van der Waals surface area contributed by atoms with Crippen LogP contribution in [0.4, 0.5) is 11.4 Å². The number of hydrogen-bond donors (Lipinski definition) is 1.